The van der Waals surface area contributed by atoms with Crippen LogP contribution in [0.15, 0.2) is 42.6 Å². The molecule has 0 aliphatic carbocycles. The summed E-state index contributed by atoms with van der Waals surface area (Å²) in [5, 5.41) is 11.4. The van der Waals surface area contributed by atoms with Crippen LogP contribution in [0.4, 0.5) is 5.82 Å². The van der Waals surface area contributed by atoms with Crippen LogP contribution in [0.5, 0.6) is 5.75 Å². The zero-order valence-electron chi connectivity index (χ0n) is 11.6. The fourth-order valence-electron chi connectivity index (χ4n) is 2.25. The second-order valence-electron chi connectivity index (χ2n) is 4.70. The number of hydrogen-bond acceptors (Lipinski definition) is 4. The maximum absolute atomic E-state index is 11.4. The second kappa shape index (κ2) is 4.90. The number of fused-ring (bicyclic) bond motifs is 1. The minimum Gasteiger partial charge on any atom is -0.497 e. The van der Waals surface area contributed by atoms with Crippen molar-refractivity contribution in [3.05, 3.63) is 58.3 Å². The first-order valence-corrected chi connectivity index (χ1v) is 6.37. The molecule has 21 heavy (non-hydrogen) atoms. The fourth-order valence-corrected chi connectivity index (χ4v) is 2.25. The van der Waals surface area contributed by atoms with Crippen molar-refractivity contribution < 1.29 is 9.66 Å². The molecule has 0 fully saturated rings. The maximum Gasteiger partial charge on any atom is 0.355 e. The summed E-state index contributed by atoms with van der Waals surface area (Å²) in [6, 6.07) is 10.7. The largest absolute Gasteiger partial charge is 0.497 e. The number of pyridine rings is 1. The van der Waals surface area contributed by atoms with E-state index in [0.717, 1.165) is 5.56 Å². The number of nitro groups is 1. The maximum atomic E-state index is 11.4. The van der Waals surface area contributed by atoms with Crippen molar-refractivity contribution in [1.82, 2.24) is 9.38 Å². The average Bonchev–Trinajstić information content (AvgIpc) is 2.85. The van der Waals surface area contributed by atoms with E-state index in [0.29, 0.717) is 22.7 Å². The molecule has 0 atom stereocenters. The number of hydrogen-bond donors (Lipinski definition) is 0. The molecule has 0 saturated carbocycles. The molecule has 0 amide bonds. The topological polar surface area (TPSA) is 69.7 Å². The van der Waals surface area contributed by atoms with Gasteiger partial charge in [-0.1, -0.05) is 0 Å². The van der Waals surface area contributed by atoms with Crippen LogP contribution in [0, 0.1) is 17.0 Å². The summed E-state index contributed by atoms with van der Waals surface area (Å²) in [4.78, 5) is 15.4. The molecule has 0 saturated heterocycles. The molecule has 3 rings (SSSR count). The number of methoxy groups -OCH3 is 1. The molecule has 0 radical (unpaired) electrons. The van der Waals surface area contributed by atoms with E-state index in [4.69, 9.17) is 4.74 Å². The molecular weight excluding hydrogens is 270 g/mol. The summed E-state index contributed by atoms with van der Waals surface area (Å²) in [7, 11) is 1.57. The van der Waals surface area contributed by atoms with Crippen LogP contribution in [-0.2, 0) is 0 Å². The van der Waals surface area contributed by atoms with Crippen LogP contribution >= 0.6 is 0 Å². The summed E-state index contributed by atoms with van der Waals surface area (Å²) in [5.74, 6) is 0.663. The van der Waals surface area contributed by atoms with Gasteiger partial charge < -0.3 is 14.9 Å². The Kier molecular flexibility index (Phi) is 3.06. The van der Waals surface area contributed by atoms with E-state index in [1.54, 1.807) is 37.6 Å². The van der Waals surface area contributed by atoms with Gasteiger partial charge in [0.15, 0.2) is 5.69 Å². The van der Waals surface area contributed by atoms with Gasteiger partial charge in [-0.2, -0.15) is 9.38 Å². The number of benzene rings is 1. The van der Waals surface area contributed by atoms with Crippen molar-refractivity contribution in [3.63, 3.8) is 0 Å². The molecule has 6 heteroatoms. The predicted molar refractivity (Wildman–Crippen MR) is 78.6 cm³/mol. The summed E-state index contributed by atoms with van der Waals surface area (Å²) in [6.07, 6.45) is 1.67. The van der Waals surface area contributed by atoms with Gasteiger partial charge in [-0.25, -0.2) is 0 Å². The Bertz CT molecular complexity index is 822. The minimum atomic E-state index is -0.408. The predicted octanol–water partition coefficient (Wildman–Crippen LogP) is 3.23. The molecule has 6 nitrogen and oxygen atoms in total. The van der Waals surface area contributed by atoms with E-state index in [1.165, 1.54) is 4.40 Å². The van der Waals surface area contributed by atoms with Crippen molar-refractivity contribution in [3.8, 4) is 17.0 Å². The fraction of sp³-hybridized carbons (Fsp3) is 0.133. The van der Waals surface area contributed by atoms with E-state index in [2.05, 4.69) is 4.98 Å². The van der Waals surface area contributed by atoms with E-state index >= 15 is 0 Å². The summed E-state index contributed by atoms with van der Waals surface area (Å²) in [5.41, 5.74) is 2.60. The second-order valence-corrected chi connectivity index (χ2v) is 4.70. The first kappa shape index (κ1) is 13.1. The van der Waals surface area contributed by atoms with Crippen LogP contribution < -0.4 is 4.74 Å². The molecule has 0 bridgehead atoms. The van der Waals surface area contributed by atoms with Crippen molar-refractivity contribution >= 4 is 11.5 Å². The highest BCUT2D eigenvalue weighted by atomic mass is 16.6. The molecule has 0 aliphatic heterocycles. The number of aryl methyl sites for hydroxylation is 1. The first-order chi connectivity index (χ1) is 10.1. The Labute approximate surface area is 120 Å². The minimum absolute atomic E-state index is 0.0323. The average molecular weight is 283 g/mol. The molecule has 3 aromatic rings. The molecule has 0 N–H and O–H groups in total. The van der Waals surface area contributed by atoms with Gasteiger partial charge in [0.25, 0.3) is 0 Å². The molecule has 2 heterocycles. The Morgan fingerprint density at radius 2 is 1.95 bits per heavy atom. The highest BCUT2D eigenvalue weighted by Gasteiger charge is 2.23. The van der Waals surface area contributed by atoms with Gasteiger partial charge in [-0.05, 0) is 47.7 Å². The molecule has 2 aromatic heterocycles. The third kappa shape index (κ3) is 2.20. The molecule has 106 valence electrons. The highest BCUT2D eigenvalue weighted by molar-refractivity contribution is 5.72. The monoisotopic (exact) mass is 283 g/mol. The zero-order chi connectivity index (χ0) is 15.0. The Hall–Kier alpha value is -2.89. The number of rotatable bonds is 3. The summed E-state index contributed by atoms with van der Waals surface area (Å²) < 4.78 is 6.59. The van der Waals surface area contributed by atoms with Gasteiger partial charge in [0.05, 0.1) is 13.3 Å². The van der Waals surface area contributed by atoms with Crippen LogP contribution in [0.25, 0.3) is 16.9 Å². The lowest BCUT2D eigenvalue weighted by Gasteiger charge is -2.01. The van der Waals surface area contributed by atoms with E-state index < -0.39 is 4.92 Å². The van der Waals surface area contributed by atoms with Gasteiger partial charge in [-0.15, -0.1) is 0 Å². The van der Waals surface area contributed by atoms with Gasteiger partial charge >= 0.3 is 5.82 Å². The smallest absolute Gasteiger partial charge is 0.355 e. The first-order valence-electron chi connectivity index (χ1n) is 6.37. The number of ether oxygens (including phenoxy) is 1. The lowest BCUT2D eigenvalue weighted by molar-refractivity contribution is -0.389. The third-order valence-electron chi connectivity index (χ3n) is 3.29. The third-order valence-corrected chi connectivity index (χ3v) is 3.29. The Morgan fingerprint density at radius 3 is 2.57 bits per heavy atom. The quantitative estimate of drug-likeness (QED) is 0.546. The molecule has 0 unspecified atom stereocenters. The summed E-state index contributed by atoms with van der Waals surface area (Å²) in [6.45, 7) is 1.92. The molecule has 1 aromatic carbocycles. The lowest BCUT2D eigenvalue weighted by Crippen LogP contribution is -1.95. The Balaban J connectivity index is 2.24. The van der Waals surface area contributed by atoms with Crippen molar-refractivity contribution in [2.45, 2.75) is 6.92 Å². The number of aromatic nitrogens is 2. The van der Waals surface area contributed by atoms with Gasteiger partial charge in [-0.3, -0.25) is 0 Å². The number of nitrogens with zero attached hydrogens (tertiary/aromatic N) is 3. The standard InChI is InChI=1S/C15H13N3O3/c1-10-7-8-17-13(9-10)16-14(15(17)18(19)20)11-3-5-12(21-2)6-4-11/h3-9H,1-2H3. The lowest BCUT2D eigenvalue weighted by atomic mass is 10.1. The molecular formula is C15H13N3O3. The van der Waals surface area contributed by atoms with Crippen LogP contribution in [0.1, 0.15) is 5.56 Å². The van der Waals surface area contributed by atoms with Gasteiger partial charge in [0.1, 0.15) is 5.75 Å². The van der Waals surface area contributed by atoms with E-state index in [-0.39, 0.29) is 5.82 Å². The van der Waals surface area contributed by atoms with Crippen molar-refractivity contribution in [2.24, 2.45) is 0 Å². The SMILES string of the molecule is COc1ccc(-c2nc3cc(C)ccn3c2[N+](=O)[O-])cc1. The van der Waals surface area contributed by atoms with Crippen LogP contribution in [0.3, 0.4) is 0 Å². The van der Waals surface area contributed by atoms with E-state index in [9.17, 15) is 10.1 Å². The Morgan fingerprint density at radius 1 is 1.24 bits per heavy atom. The van der Waals surface area contributed by atoms with Gasteiger partial charge in [0, 0.05) is 11.6 Å². The van der Waals surface area contributed by atoms with Crippen molar-refractivity contribution in [1.29, 1.82) is 0 Å². The molecule has 0 spiro atoms. The van der Waals surface area contributed by atoms with Crippen molar-refractivity contribution in [2.75, 3.05) is 7.11 Å². The highest BCUT2D eigenvalue weighted by Crippen LogP contribution is 2.31. The van der Waals surface area contributed by atoms with Crippen LogP contribution in [0.2, 0.25) is 0 Å². The van der Waals surface area contributed by atoms with Gasteiger partial charge in [0.2, 0.25) is 5.65 Å². The summed E-state index contributed by atoms with van der Waals surface area (Å²) >= 11 is 0. The zero-order valence-corrected chi connectivity index (χ0v) is 11.6. The molecule has 0 aliphatic rings. The van der Waals surface area contributed by atoms with Crippen LogP contribution in [-0.4, -0.2) is 21.4 Å². The normalized spacial score (nSPS) is 10.8. The number of imidazole rings is 1. The van der Waals surface area contributed by atoms with E-state index in [1.807, 2.05) is 19.1 Å².